The standard InChI is InChI=1S/C13H12F2O/c14-11-5-4-10(8-12(11)15)13(9-16)6-2-1-3-7-13/h1-6,8,16H,7,9H2. The second-order valence-corrected chi connectivity index (χ2v) is 3.93. The zero-order chi connectivity index (χ0) is 11.6. The summed E-state index contributed by atoms with van der Waals surface area (Å²) in [6.45, 7) is -0.126. The summed E-state index contributed by atoms with van der Waals surface area (Å²) in [4.78, 5) is 0. The number of hydrogen-bond acceptors (Lipinski definition) is 1. The van der Waals surface area contributed by atoms with Crippen LogP contribution in [-0.4, -0.2) is 11.7 Å². The molecular formula is C13H12F2O. The molecule has 0 spiro atoms. The summed E-state index contributed by atoms with van der Waals surface area (Å²) in [5.41, 5.74) is -0.0296. The molecule has 0 fully saturated rings. The summed E-state index contributed by atoms with van der Waals surface area (Å²) in [5.74, 6) is -1.75. The van der Waals surface area contributed by atoms with E-state index in [2.05, 4.69) is 0 Å². The molecule has 1 nitrogen and oxygen atoms in total. The topological polar surface area (TPSA) is 20.2 Å². The van der Waals surface area contributed by atoms with Gasteiger partial charge in [-0.2, -0.15) is 0 Å². The molecule has 0 bridgehead atoms. The van der Waals surface area contributed by atoms with Crippen molar-refractivity contribution in [2.75, 3.05) is 6.61 Å². The summed E-state index contributed by atoms with van der Waals surface area (Å²) in [5, 5.41) is 9.45. The van der Waals surface area contributed by atoms with Crippen LogP contribution in [0.1, 0.15) is 12.0 Å². The zero-order valence-electron chi connectivity index (χ0n) is 8.66. The van der Waals surface area contributed by atoms with E-state index in [0.717, 1.165) is 12.1 Å². The maximum Gasteiger partial charge on any atom is 0.159 e. The van der Waals surface area contributed by atoms with Crippen molar-refractivity contribution in [2.24, 2.45) is 0 Å². The number of halogens is 2. The minimum Gasteiger partial charge on any atom is -0.395 e. The fourth-order valence-corrected chi connectivity index (χ4v) is 1.89. The van der Waals surface area contributed by atoms with Crippen molar-refractivity contribution in [3.8, 4) is 0 Å². The van der Waals surface area contributed by atoms with E-state index in [1.165, 1.54) is 6.07 Å². The summed E-state index contributed by atoms with van der Waals surface area (Å²) < 4.78 is 26.0. The van der Waals surface area contributed by atoms with E-state index >= 15 is 0 Å². The third-order valence-corrected chi connectivity index (χ3v) is 2.92. The van der Waals surface area contributed by atoms with Crippen LogP contribution in [0.5, 0.6) is 0 Å². The van der Waals surface area contributed by atoms with E-state index in [9.17, 15) is 13.9 Å². The lowest BCUT2D eigenvalue weighted by atomic mass is 9.76. The molecular weight excluding hydrogens is 210 g/mol. The van der Waals surface area contributed by atoms with Gasteiger partial charge >= 0.3 is 0 Å². The molecule has 0 saturated carbocycles. The van der Waals surface area contributed by atoms with Crippen LogP contribution >= 0.6 is 0 Å². The van der Waals surface area contributed by atoms with Gasteiger partial charge in [-0.1, -0.05) is 30.4 Å². The van der Waals surface area contributed by atoms with Gasteiger partial charge in [-0.05, 0) is 24.1 Å². The monoisotopic (exact) mass is 222 g/mol. The Labute approximate surface area is 92.7 Å². The molecule has 1 atom stereocenters. The number of rotatable bonds is 2. The highest BCUT2D eigenvalue weighted by Gasteiger charge is 2.29. The first-order chi connectivity index (χ1) is 7.68. The molecule has 1 aromatic carbocycles. The minimum atomic E-state index is -0.881. The highest BCUT2D eigenvalue weighted by Crippen LogP contribution is 2.32. The number of hydrogen-bond donors (Lipinski definition) is 1. The molecule has 0 radical (unpaired) electrons. The van der Waals surface area contributed by atoms with Crippen molar-refractivity contribution in [1.29, 1.82) is 0 Å². The third kappa shape index (κ3) is 1.78. The van der Waals surface area contributed by atoms with Crippen LogP contribution in [0.3, 0.4) is 0 Å². The Bertz CT molecular complexity index is 451. The van der Waals surface area contributed by atoms with Gasteiger partial charge in [-0.25, -0.2) is 8.78 Å². The summed E-state index contributed by atoms with van der Waals surface area (Å²) >= 11 is 0. The number of benzene rings is 1. The van der Waals surface area contributed by atoms with Gasteiger partial charge in [0, 0.05) is 5.41 Å². The molecule has 16 heavy (non-hydrogen) atoms. The normalized spacial score (nSPS) is 23.7. The van der Waals surface area contributed by atoms with E-state index in [-0.39, 0.29) is 6.61 Å². The van der Waals surface area contributed by atoms with Crippen molar-refractivity contribution in [3.05, 3.63) is 59.7 Å². The van der Waals surface area contributed by atoms with Crippen LogP contribution in [0.25, 0.3) is 0 Å². The Hall–Kier alpha value is -1.48. The highest BCUT2D eigenvalue weighted by molar-refractivity contribution is 5.36. The molecule has 2 rings (SSSR count). The number of aliphatic hydroxyl groups is 1. The van der Waals surface area contributed by atoms with Crippen LogP contribution in [0.15, 0.2) is 42.5 Å². The molecule has 1 aromatic rings. The van der Waals surface area contributed by atoms with Crippen molar-refractivity contribution >= 4 is 0 Å². The lowest BCUT2D eigenvalue weighted by Crippen LogP contribution is -2.28. The van der Waals surface area contributed by atoms with Crippen molar-refractivity contribution in [2.45, 2.75) is 11.8 Å². The van der Waals surface area contributed by atoms with Crippen LogP contribution < -0.4 is 0 Å². The van der Waals surface area contributed by atoms with Gasteiger partial charge in [0.15, 0.2) is 11.6 Å². The summed E-state index contributed by atoms with van der Waals surface area (Å²) in [6, 6.07) is 3.75. The Kier molecular flexibility index (Phi) is 2.88. The molecule has 0 saturated heterocycles. The van der Waals surface area contributed by atoms with E-state index in [1.54, 1.807) is 6.08 Å². The van der Waals surface area contributed by atoms with E-state index in [0.29, 0.717) is 12.0 Å². The molecule has 84 valence electrons. The Morgan fingerprint density at radius 3 is 2.56 bits per heavy atom. The van der Waals surface area contributed by atoms with E-state index < -0.39 is 17.0 Å². The largest absolute Gasteiger partial charge is 0.395 e. The first-order valence-electron chi connectivity index (χ1n) is 5.09. The number of allylic oxidation sites excluding steroid dienone is 3. The Morgan fingerprint density at radius 2 is 2.00 bits per heavy atom. The SMILES string of the molecule is OCC1(c2ccc(F)c(F)c2)C=CC=CC1. The molecule has 1 unspecified atom stereocenters. The van der Waals surface area contributed by atoms with Gasteiger partial charge in [0.1, 0.15) is 0 Å². The van der Waals surface area contributed by atoms with Gasteiger partial charge in [0.2, 0.25) is 0 Å². The fraction of sp³-hybridized carbons (Fsp3) is 0.231. The van der Waals surface area contributed by atoms with Gasteiger partial charge < -0.3 is 5.11 Å². The summed E-state index contributed by atoms with van der Waals surface area (Å²) in [6.07, 6.45) is 7.98. The van der Waals surface area contributed by atoms with Crippen molar-refractivity contribution < 1.29 is 13.9 Å². The van der Waals surface area contributed by atoms with Crippen LogP contribution in [0.2, 0.25) is 0 Å². The van der Waals surface area contributed by atoms with Gasteiger partial charge in [-0.15, -0.1) is 0 Å². The fourth-order valence-electron chi connectivity index (χ4n) is 1.89. The lowest BCUT2D eigenvalue weighted by molar-refractivity contribution is 0.224. The molecule has 0 amide bonds. The molecule has 1 N–H and O–H groups in total. The van der Waals surface area contributed by atoms with Gasteiger partial charge in [0.05, 0.1) is 6.61 Å². The van der Waals surface area contributed by atoms with E-state index in [4.69, 9.17) is 0 Å². The first-order valence-corrected chi connectivity index (χ1v) is 5.09. The maximum atomic E-state index is 13.1. The highest BCUT2D eigenvalue weighted by atomic mass is 19.2. The number of aliphatic hydroxyl groups excluding tert-OH is 1. The van der Waals surface area contributed by atoms with Crippen molar-refractivity contribution in [3.63, 3.8) is 0 Å². The average molecular weight is 222 g/mol. The first kappa shape index (κ1) is 11.0. The zero-order valence-corrected chi connectivity index (χ0v) is 8.66. The quantitative estimate of drug-likeness (QED) is 0.815. The summed E-state index contributed by atoms with van der Waals surface area (Å²) in [7, 11) is 0. The Morgan fingerprint density at radius 1 is 1.19 bits per heavy atom. The lowest BCUT2D eigenvalue weighted by Gasteiger charge is -2.29. The second kappa shape index (κ2) is 4.18. The predicted molar refractivity (Wildman–Crippen MR) is 58.0 cm³/mol. The van der Waals surface area contributed by atoms with Gasteiger partial charge in [-0.3, -0.25) is 0 Å². The Balaban J connectivity index is 2.44. The smallest absolute Gasteiger partial charge is 0.159 e. The molecule has 3 heteroatoms. The van der Waals surface area contributed by atoms with Crippen LogP contribution in [-0.2, 0) is 5.41 Å². The van der Waals surface area contributed by atoms with Gasteiger partial charge in [0.25, 0.3) is 0 Å². The third-order valence-electron chi connectivity index (χ3n) is 2.92. The predicted octanol–water partition coefficient (Wildman–Crippen LogP) is 2.71. The molecule has 0 heterocycles. The van der Waals surface area contributed by atoms with Crippen LogP contribution in [0, 0.1) is 11.6 Å². The minimum absolute atomic E-state index is 0.126. The average Bonchev–Trinajstić information content (AvgIpc) is 2.33. The molecule has 1 aliphatic carbocycles. The molecule has 0 aromatic heterocycles. The van der Waals surface area contributed by atoms with Crippen molar-refractivity contribution in [1.82, 2.24) is 0 Å². The maximum absolute atomic E-state index is 13.1. The molecule has 1 aliphatic rings. The van der Waals surface area contributed by atoms with E-state index in [1.807, 2.05) is 18.2 Å². The molecule has 0 aliphatic heterocycles. The van der Waals surface area contributed by atoms with Crippen LogP contribution in [0.4, 0.5) is 8.78 Å². The second-order valence-electron chi connectivity index (χ2n) is 3.93.